The average molecular weight is 411 g/mol. The Kier molecular flexibility index (Phi) is 5.74. The van der Waals surface area contributed by atoms with Crippen molar-refractivity contribution >= 4 is 21.9 Å². The molecule has 0 spiro atoms. The minimum Gasteiger partial charge on any atom is -0.488 e. The van der Waals surface area contributed by atoms with Crippen LogP contribution in [0, 0.1) is 13.8 Å². The number of hydrogen-bond donors (Lipinski definition) is 0. The number of rotatable bonds is 5. The van der Waals surface area contributed by atoms with Crippen LogP contribution in [0.1, 0.15) is 27.0 Å². The van der Waals surface area contributed by atoms with Crippen molar-refractivity contribution in [3.8, 4) is 11.5 Å². The average Bonchev–Trinajstić information content (AvgIpc) is 2.64. The molecular formula is C22H19BrO3. The quantitative estimate of drug-likeness (QED) is 0.390. The summed E-state index contributed by atoms with van der Waals surface area (Å²) in [5.74, 6) is 0.989. The number of benzene rings is 3. The van der Waals surface area contributed by atoms with Crippen molar-refractivity contribution in [2.75, 3.05) is 0 Å². The minimum absolute atomic E-state index is 0.378. The monoisotopic (exact) mass is 410 g/mol. The number of hydrogen-bond acceptors (Lipinski definition) is 3. The van der Waals surface area contributed by atoms with Gasteiger partial charge in [-0.25, -0.2) is 4.79 Å². The second kappa shape index (κ2) is 8.19. The van der Waals surface area contributed by atoms with Gasteiger partial charge in [0.1, 0.15) is 18.1 Å². The summed E-state index contributed by atoms with van der Waals surface area (Å²) in [6, 6.07) is 20.4. The van der Waals surface area contributed by atoms with Crippen LogP contribution in [-0.2, 0) is 6.61 Å². The fraction of sp³-hybridized carbons (Fsp3) is 0.136. The molecule has 0 bridgehead atoms. The molecule has 0 saturated heterocycles. The van der Waals surface area contributed by atoms with Gasteiger partial charge in [-0.05, 0) is 55.3 Å². The Labute approximate surface area is 161 Å². The summed E-state index contributed by atoms with van der Waals surface area (Å²) in [5.41, 5.74) is 3.61. The Balaban J connectivity index is 1.75. The first-order valence-corrected chi connectivity index (χ1v) is 9.08. The van der Waals surface area contributed by atoms with Gasteiger partial charge < -0.3 is 9.47 Å². The maximum absolute atomic E-state index is 12.2. The van der Waals surface area contributed by atoms with E-state index < -0.39 is 0 Å². The fourth-order valence-electron chi connectivity index (χ4n) is 2.64. The van der Waals surface area contributed by atoms with E-state index in [4.69, 9.17) is 9.47 Å². The second-order valence-electron chi connectivity index (χ2n) is 6.02. The highest BCUT2D eigenvalue weighted by molar-refractivity contribution is 9.10. The number of para-hydroxylation sites is 1. The van der Waals surface area contributed by atoms with E-state index in [0.29, 0.717) is 17.9 Å². The maximum atomic E-state index is 12.2. The predicted octanol–water partition coefficient (Wildman–Crippen LogP) is 5.86. The largest absolute Gasteiger partial charge is 0.488 e. The molecule has 3 aromatic carbocycles. The van der Waals surface area contributed by atoms with Crippen LogP contribution in [-0.4, -0.2) is 5.97 Å². The highest BCUT2D eigenvalue weighted by atomic mass is 79.9. The van der Waals surface area contributed by atoms with Gasteiger partial charge in [-0.3, -0.25) is 0 Å². The van der Waals surface area contributed by atoms with Crippen LogP contribution in [0.15, 0.2) is 71.2 Å². The van der Waals surface area contributed by atoms with Crippen LogP contribution in [0.2, 0.25) is 0 Å². The fourth-order valence-corrected chi connectivity index (χ4v) is 3.00. The SMILES string of the molecule is Cc1cccc(C)c1OCc1cc(OC(=O)c2ccccc2)ccc1Br. The third-order valence-electron chi connectivity index (χ3n) is 4.02. The van der Waals surface area contributed by atoms with Crippen molar-refractivity contribution < 1.29 is 14.3 Å². The Bertz CT molecular complexity index is 900. The van der Waals surface area contributed by atoms with Crippen molar-refractivity contribution in [2.24, 2.45) is 0 Å². The van der Waals surface area contributed by atoms with Gasteiger partial charge in [0.2, 0.25) is 0 Å². The topological polar surface area (TPSA) is 35.5 Å². The molecule has 0 saturated carbocycles. The van der Waals surface area contributed by atoms with Crippen molar-refractivity contribution in [2.45, 2.75) is 20.5 Å². The second-order valence-corrected chi connectivity index (χ2v) is 6.87. The van der Waals surface area contributed by atoms with E-state index in [2.05, 4.69) is 15.9 Å². The molecule has 0 heterocycles. The molecule has 0 unspecified atom stereocenters. The molecule has 0 radical (unpaired) electrons. The minimum atomic E-state index is -0.380. The number of halogens is 1. The van der Waals surface area contributed by atoms with Crippen LogP contribution >= 0.6 is 15.9 Å². The molecule has 0 aliphatic heterocycles. The van der Waals surface area contributed by atoms with Crippen molar-refractivity contribution in [3.05, 3.63) is 93.5 Å². The number of esters is 1. The van der Waals surface area contributed by atoms with Crippen LogP contribution < -0.4 is 9.47 Å². The van der Waals surface area contributed by atoms with E-state index >= 15 is 0 Å². The van der Waals surface area contributed by atoms with Crippen LogP contribution in [0.5, 0.6) is 11.5 Å². The number of carbonyl (C=O) groups is 1. The van der Waals surface area contributed by atoms with Crippen molar-refractivity contribution in [1.82, 2.24) is 0 Å². The molecule has 0 aliphatic carbocycles. The zero-order chi connectivity index (χ0) is 18.5. The Morgan fingerprint density at radius 3 is 2.31 bits per heavy atom. The lowest BCUT2D eigenvalue weighted by atomic mass is 10.1. The predicted molar refractivity (Wildman–Crippen MR) is 106 cm³/mol. The molecule has 3 nitrogen and oxygen atoms in total. The molecule has 0 N–H and O–H groups in total. The molecule has 0 fully saturated rings. The first-order chi connectivity index (χ1) is 12.5. The summed E-state index contributed by atoms with van der Waals surface area (Å²) in [6.45, 7) is 4.42. The van der Waals surface area contributed by atoms with Crippen molar-refractivity contribution in [1.29, 1.82) is 0 Å². The third kappa shape index (κ3) is 4.33. The van der Waals surface area contributed by atoms with Crippen LogP contribution in [0.3, 0.4) is 0 Å². The smallest absolute Gasteiger partial charge is 0.343 e. The molecule has 132 valence electrons. The normalized spacial score (nSPS) is 10.4. The third-order valence-corrected chi connectivity index (χ3v) is 4.79. The van der Waals surface area contributed by atoms with Gasteiger partial charge in [-0.2, -0.15) is 0 Å². The van der Waals surface area contributed by atoms with Gasteiger partial charge in [0.15, 0.2) is 0 Å². The summed E-state index contributed by atoms with van der Waals surface area (Å²) in [5, 5.41) is 0. The van der Waals surface area contributed by atoms with E-state index in [-0.39, 0.29) is 5.97 Å². The van der Waals surface area contributed by atoms with Gasteiger partial charge >= 0.3 is 5.97 Å². The molecule has 3 rings (SSSR count). The standard InChI is InChI=1S/C22H19BrO3/c1-15-7-6-8-16(2)21(15)25-14-18-13-19(11-12-20(18)23)26-22(24)17-9-4-3-5-10-17/h3-13H,14H2,1-2H3. The highest BCUT2D eigenvalue weighted by Gasteiger charge is 2.11. The molecule has 0 aliphatic rings. The molecule has 0 amide bonds. The number of aryl methyl sites for hydroxylation is 2. The number of ether oxygens (including phenoxy) is 2. The molecular weight excluding hydrogens is 392 g/mol. The molecule has 4 heteroatoms. The lowest BCUT2D eigenvalue weighted by Gasteiger charge is -2.14. The zero-order valence-electron chi connectivity index (χ0n) is 14.7. The maximum Gasteiger partial charge on any atom is 0.343 e. The number of carbonyl (C=O) groups excluding carboxylic acids is 1. The Hall–Kier alpha value is -2.59. The van der Waals surface area contributed by atoms with Gasteiger partial charge in [0.25, 0.3) is 0 Å². The highest BCUT2D eigenvalue weighted by Crippen LogP contribution is 2.27. The van der Waals surface area contributed by atoms with E-state index in [1.165, 1.54) is 0 Å². The first kappa shape index (κ1) is 18.2. The lowest BCUT2D eigenvalue weighted by molar-refractivity contribution is 0.0734. The Morgan fingerprint density at radius 1 is 0.923 bits per heavy atom. The van der Waals surface area contributed by atoms with Gasteiger partial charge in [0, 0.05) is 10.0 Å². The molecule has 3 aromatic rings. The van der Waals surface area contributed by atoms with Gasteiger partial charge in [-0.1, -0.05) is 52.3 Å². The summed E-state index contributed by atoms with van der Waals surface area (Å²) in [7, 11) is 0. The molecule has 26 heavy (non-hydrogen) atoms. The summed E-state index contributed by atoms with van der Waals surface area (Å²) < 4.78 is 12.4. The lowest BCUT2D eigenvalue weighted by Crippen LogP contribution is -2.08. The van der Waals surface area contributed by atoms with E-state index in [9.17, 15) is 4.79 Å². The van der Waals surface area contributed by atoms with E-state index in [0.717, 1.165) is 26.9 Å². The summed E-state index contributed by atoms with van der Waals surface area (Å²) >= 11 is 3.53. The van der Waals surface area contributed by atoms with Gasteiger partial charge in [0.05, 0.1) is 5.56 Å². The van der Waals surface area contributed by atoms with Crippen LogP contribution in [0.25, 0.3) is 0 Å². The summed E-state index contributed by atoms with van der Waals surface area (Å²) in [4.78, 5) is 12.2. The van der Waals surface area contributed by atoms with E-state index in [1.807, 2.05) is 62.4 Å². The molecule has 0 atom stereocenters. The van der Waals surface area contributed by atoms with E-state index in [1.54, 1.807) is 18.2 Å². The van der Waals surface area contributed by atoms with Gasteiger partial charge in [-0.15, -0.1) is 0 Å². The zero-order valence-corrected chi connectivity index (χ0v) is 16.2. The molecule has 0 aromatic heterocycles. The van der Waals surface area contributed by atoms with Crippen LogP contribution in [0.4, 0.5) is 0 Å². The van der Waals surface area contributed by atoms with Crippen molar-refractivity contribution in [3.63, 3.8) is 0 Å². The Morgan fingerprint density at radius 2 is 1.62 bits per heavy atom. The summed E-state index contributed by atoms with van der Waals surface area (Å²) in [6.07, 6.45) is 0. The first-order valence-electron chi connectivity index (χ1n) is 8.29.